The van der Waals surface area contributed by atoms with Gasteiger partial charge in [-0.1, -0.05) is 32.0 Å². The van der Waals surface area contributed by atoms with Crippen molar-refractivity contribution in [2.24, 2.45) is 11.8 Å². The molecule has 0 unspecified atom stereocenters. The van der Waals surface area contributed by atoms with Crippen LogP contribution in [0.3, 0.4) is 0 Å². The Morgan fingerprint density at radius 3 is 2.12 bits per heavy atom. The number of hydrogen-bond acceptors (Lipinski definition) is 3. The Labute approximate surface area is 192 Å². The summed E-state index contributed by atoms with van der Waals surface area (Å²) in [6, 6.07) is 6.64. The minimum Gasteiger partial charge on any atom is -0.352 e. The van der Waals surface area contributed by atoms with E-state index in [9.17, 15) is 14.4 Å². The Balaban J connectivity index is 2.13. The van der Waals surface area contributed by atoms with Crippen LogP contribution in [0.1, 0.15) is 70.3 Å². The van der Waals surface area contributed by atoms with Crippen LogP contribution in [0.2, 0.25) is 0 Å². The van der Waals surface area contributed by atoms with Crippen molar-refractivity contribution in [3.63, 3.8) is 0 Å². The number of piperidine rings is 1. The van der Waals surface area contributed by atoms with Gasteiger partial charge in [0.1, 0.15) is 6.04 Å². The minimum atomic E-state index is -0.642. The number of rotatable bonds is 6. The second kappa shape index (κ2) is 10.8. The van der Waals surface area contributed by atoms with Crippen LogP contribution in [0.15, 0.2) is 24.3 Å². The summed E-state index contributed by atoms with van der Waals surface area (Å²) >= 11 is 0. The molecule has 3 N–H and O–H groups in total. The Morgan fingerprint density at radius 1 is 1.00 bits per heavy atom. The van der Waals surface area contributed by atoms with Gasteiger partial charge in [0.25, 0.3) is 5.91 Å². The quantitative estimate of drug-likeness (QED) is 0.627. The highest BCUT2D eigenvalue weighted by Crippen LogP contribution is 2.23. The van der Waals surface area contributed by atoms with Crippen LogP contribution in [0, 0.1) is 18.8 Å². The molecule has 2 atom stereocenters. The van der Waals surface area contributed by atoms with Crippen molar-refractivity contribution < 1.29 is 14.4 Å². The van der Waals surface area contributed by atoms with Crippen LogP contribution < -0.4 is 16.0 Å². The largest absolute Gasteiger partial charge is 0.352 e. The first-order chi connectivity index (χ1) is 14.9. The van der Waals surface area contributed by atoms with Crippen molar-refractivity contribution in [3.8, 4) is 0 Å². The summed E-state index contributed by atoms with van der Waals surface area (Å²) in [5.74, 6) is -0.158. The third-order valence-corrected chi connectivity index (χ3v) is 6.11. The SMILES string of the molecule is Cc1ccccc1C(=O)N[C@@H](C(=O)N[C@H](C)C(C)C)C1CCN(C(=O)NC(C)(C)C)CC1. The van der Waals surface area contributed by atoms with Crippen molar-refractivity contribution in [3.05, 3.63) is 35.4 Å². The van der Waals surface area contributed by atoms with Crippen LogP contribution in [-0.2, 0) is 4.79 Å². The molecule has 1 aliphatic rings. The number of nitrogens with one attached hydrogen (secondary N) is 3. The van der Waals surface area contributed by atoms with Gasteiger partial charge in [-0.15, -0.1) is 0 Å². The Hall–Kier alpha value is -2.57. The molecule has 1 aromatic carbocycles. The molecule has 1 aliphatic heterocycles. The van der Waals surface area contributed by atoms with E-state index in [4.69, 9.17) is 0 Å². The van der Waals surface area contributed by atoms with Crippen LogP contribution in [0.4, 0.5) is 4.79 Å². The first kappa shape index (κ1) is 25.7. The van der Waals surface area contributed by atoms with Gasteiger partial charge in [0.15, 0.2) is 0 Å². The molecule has 2 rings (SSSR count). The van der Waals surface area contributed by atoms with E-state index in [1.807, 2.05) is 52.8 Å². The van der Waals surface area contributed by atoms with Gasteiger partial charge in [-0.2, -0.15) is 0 Å². The van der Waals surface area contributed by atoms with Crippen molar-refractivity contribution in [1.82, 2.24) is 20.9 Å². The molecule has 0 radical (unpaired) electrons. The van der Waals surface area contributed by atoms with Gasteiger partial charge >= 0.3 is 6.03 Å². The smallest absolute Gasteiger partial charge is 0.317 e. The molecular weight excluding hydrogens is 404 g/mol. The normalized spacial score (nSPS) is 16.9. The number of hydrogen-bond donors (Lipinski definition) is 3. The van der Waals surface area contributed by atoms with E-state index in [-0.39, 0.29) is 41.3 Å². The van der Waals surface area contributed by atoms with Crippen LogP contribution in [0.25, 0.3) is 0 Å². The van der Waals surface area contributed by atoms with E-state index >= 15 is 0 Å². The molecular formula is C25H40N4O3. The monoisotopic (exact) mass is 444 g/mol. The molecule has 7 nitrogen and oxygen atoms in total. The third-order valence-electron chi connectivity index (χ3n) is 6.11. The van der Waals surface area contributed by atoms with Crippen molar-refractivity contribution >= 4 is 17.8 Å². The maximum Gasteiger partial charge on any atom is 0.317 e. The molecule has 0 aromatic heterocycles. The zero-order valence-corrected chi connectivity index (χ0v) is 20.6. The Kier molecular flexibility index (Phi) is 8.70. The van der Waals surface area contributed by atoms with E-state index in [0.29, 0.717) is 31.5 Å². The lowest BCUT2D eigenvalue weighted by molar-refractivity contribution is -0.125. The molecule has 178 valence electrons. The predicted octanol–water partition coefficient (Wildman–Crippen LogP) is 3.47. The molecule has 1 aromatic rings. The zero-order valence-electron chi connectivity index (χ0n) is 20.6. The molecule has 32 heavy (non-hydrogen) atoms. The number of amides is 4. The third kappa shape index (κ3) is 7.24. The van der Waals surface area contributed by atoms with Crippen molar-refractivity contribution in [2.45, 2.75) is 78.9 Å². The lowest BCUT2D eigenvalue weighted by Crippen LogP contribution is -2.57. The summed E-state index contributed by atoms with van der Waals surface area (Å²) < 4.78 is 0. The molecule has 1 saturated heterocycles. The lowest BCUT2D eigenvalue weighted by Gasteiger charge is -2.37. The summed E-state index contributed by atoms with van der Waals surface area (Å²) in [4.78, 5) is 40.5. The lowest BCUT2D eigenvalue weighted by atomic mass is 9.88. The molecule has 0 spiro atoms. The fourth-order valence-corrected chi connectivity index (χ4v) is 3.76. The fourth-order valence-electron chi connectivity index (χ4n) is 3.76. The van der Waals surface area contributed by atoms with Crippen molar-refractivity contribution in [2.75, 3.05) is 13.1 Å². The standard InChI is InChI=1S/C25H40N4O3/c1-16(2)18(4)26-23(31)21(27-22(30)20-11-9-8-10-17(20)3)19-12-14-29(15-13-19)24(32)28-25(5,6)7/h8-11,16,18-19,21H,12-15H2,1-7H3,(H,26,31)(H,27,30)(H,28,32)/t18-,21-/m1/s1. The molecule has 0 saturated carbocycles. The summed E-state index contributed by atoms with van der Waals surface area (Å²) in [6.07, 6.45) is 1.31. The van der Waals surface area contributed by atoms with Gasteiger partial charge in [0.2, 0.25) is 5.91 Å². The Bertz CT molecular complexity index is 808. The first-order valence-corrected chi connectivity index (χ1v) is 11.6. The Morgan fingerprint density at radius 2 is 1.59 bits per heavy atom. The number of nitrogens with zero attached hydrogens (tertiary/aromatic N) is 1. The molecule has 7 heteroatoms. The first-order valence-electron chi connectivity index (χ1n) is 11.6. The number of likely N-dealkylation sites (tertiary alicyclic amines) is 1. The van der Waals surface area contributed by atoms with Crippen LogP contribution >= 0.6 is 0 Å². The van der Waals surface area contributed by atoms with E-state index in [1.165, 1.54) is 0 Å². The molecule has 1 heterocycles. The number of aryl methyl sites for hydroxylation is 1. The topological polar surface area (TPSA) is 90.5 Å². The van der Waals surface area contributed by atoms with Crippen LogP contribution in [-0.4, -0.2) is 53.5 Å². The van der Waals surface area contributed by atoms with E-state index in [2.05, 4.69) is 29.8 Å². The minimum absolute atomic E-state index is 0.00184. The van der Waals surface area contributed by atoms with Gasteiger partial charge in [0.05, 0.1) is 0 Å². The highest BCUT2D eigenvalue weighted by molar-refractivity contribution is 5.98. The molecule has 1 fully saturated rings. The predicted molar refractivity (Wildman–Crippen MR) is 127 cm³/mol. The number of benzene rings is 1. The van der Waals surface area contributed by atoms with E-state index in [0.717, 1.165) is 5.56 Å². The number of carbonyl (C=O) groups is 3. The highest BCUT2D eigenvalue weighted by atomic mass is 16.2. The van der Waals surface area contributed by atoms with Gasteiger partial charge in [0, 0.05) is 30.2 Å². The summed E-state index contributed by atoms with van der Waals surface area (Å²) in [5.41, 5.74) is 1.14. The van der Waals surface area contributed by atoms with Crippen LogP contribution in [0.5, 0.6) is 0 Å². The molecule has 4 amide bonds. The highest BCUT2D eigenvalue weighted by Gasteiger charge is 2.35. The van der Waals surface area contributed by atoms with Gasteiger partial charge in [-0.05, 0) is 70.9 Å². The fraction of sp³-hybridized carbons (Fsp3) is 0.640. The molecule has 0 bridgehead atoms. The molecule has 0 aliphatic carbocycles. The van der Waals surface area contributed by atoms with E-state index < -0.39 is 6.04 Å². The number of carbonyl (C=O) groups excluding carboxylic acids is 3. The summed E-state index contributed by atoms with van der Waals surface area (Å²) in [5, 5.41) is 9.06. The second-order valence-corrected chi connectivity index (χ2v) is 10.3. The van der Waals surface area contributed by atoms with Crippen molar-refractivity contribution in [1.29, 1.82) is 0 Å². The van der Waals surface area contributed by atoms with Gasteiger partial charge in [-0.3, -0.25) is 9.59 Å². The summed E-state index contributed by atoms with van der Waals surface area (Å²) in [7, 11) is 0. The second-order valence-electron chi connectivity index (χ2n) is 10.3. The number of urea groups is 1. The zero-order chi connectivity index (χ0) is 24.1. The maximum absolute atomic E-state index is 13.2. The van der Waals surface area contributed by atoms with E-state index in [1.54, 1.807) is 11.0 Å². The maximum atomic E-state index is 13.2. The van der Waals surface area contributed by atoms with Gasteiger partial charge < -0.3 is 20.9 Å². The average molecular weight is 445 g/mol. The van der Waals surface area contributed by atoms with Gasteiger partial charge in [-0.25, -0.2) is 4.79 Å². The average Bonchev–Trinajstić information content (AvgIpc) is 2.70. The summed E-state index contributed by atoms with van der Waals surface area (Å²) in [6.45, 7) is 14.9.